The Bertz CT molecular complexity index is 1480. The molecule has 220 valence electrons. The molecule has 0 aromatic heterocycles. The smallest absolute Gasteiger partial charge is 0.264 e. The third kappa shape index (κ3) is 7.65. The largest absolute Gasteiger partial charge is 0.495 e. The SMILES string of the molecule is CCNC(=O)[C@H](CC)N(Cc1c(Cl)cccc1Cl)C(=O)CN(c1ccc(OC)c(Cl)c1)S(=O)(=O)c1ccc(C)cc1. The fourth-order valence-corrected chi connectivity index (χ4v) is 6.42. The second-order valence-electron chi connectivity index (χ2n) is 9.18. The number of methoxy groups -OCH3 is 1. The highest BCUT2D eigenvalue weighted by Crippen LogP contribution is 2.33. The molecular formula is C29H32Cl3N3O5S. The minimum Gasteiger partial charge on any atom is -0.495 e. The first-order valence-electron chi connectivity index (χ1n) is 12.9. The molecule has 0 aliphatic rings. The maximum atomic E-state index is 14.1. The zero-order chi connectivity index (χ0) is 30.3. The van der Waals surface area contributed by atoms with Gasteiger partial charge in [-0.2, -0.15) is 0 Å². The van der Waals surface area contributed by atoms with Crippen molar-refractivity contribution >= 4 is 62.3 Å². The Morgan fingerprint density at radius 1 is 0.951 bits per heavy atom. The molecule has 0 fully saturated rings. The van der Waals surface area contributed by atoms with Crippen LogP contribution in [0.1, 0.15) is 31.4 Å². The molecule has 41 heavy (non-hydrogen) atoms. The molecule has 0 saturated heterocycles. The first kappa shape index (κ1) is 32.5. The summed E-state index contributed by atoms with van der Waals surface area (Å²) in [4.78, 5) is 28.5. The van der Waals surface area contributed by atoms with Crippen molar-refractivity contribution < 1.29 is 22.7 Å². The lowest BCUT2D eigenvalue weighted by Crippen LogP contribution is -2.52. The van der Waals surface area contributed by atoms with E-state index in [1.807, 2.05) is 6.92 Å². The molecule has 0 unspecified atom stereocenters. The number of benzene rings is 3. The van der Waals surface area contributed by atoms with E-state index >= 15 is 0 Å². The summed E-state index contributed by atoms with van der Waals surface area (Å²) in [5.74, 6) is -0.680. The van der Waals surface area contributed by atoms with Gasteiger partial charge in [-0.15, -0.1) is 0 Å². The van der Waals surface area contributed by atoms with Gasteiger partial charge in [0.25, 0.3) is 10.0 Å². The summed E-state index contributed by atoms with van der Waals surface area (Å²) in [6.07, 6.45) is 0.263. The first-order chi connectivity index (χ1) is 19.4. The number of ether oxygens (including phenoxy) is 1. The molecular weight excluding hydrogens is 609 g/mol. The van der Waals surface area contributed by atoms with Gasteiger partial charge in [0.2, 0.25) is 11.8 Å². The van der Waals surface area contributed by atoms with E-state index in [2.05, 4.69) is 5.32 Å². The van der Waals surface area contributed by atoms with Crippen LogP contribution in [0.3, 0.4) is 0 Å². The molecule has 0 saturated carbocycles. The summed E-state index contributed by atoms with van der Waals surface area (Å²) in [6, 6.07) is 14.7. The van der Waals surface area contributed by atoms with Gasteiger partial charge in [0.1, 0.15) is 18.3 Å². The summed E-state index contributed by atoms with van der Waals surface area (Å²) >= 11 is 19.2. The van der Waals surface area contributed by atoms with Gasteiger partial charge in [0.05, 0.1) is 22.7 Å². The lowest BCUT2D eigenvalue weighted by molar-refractivity contribution is -0.140. The van der Waals surface area contributed by atoms with E-state index in [1.165, 1.54) is 42.3 Å². The van der Waals surface area contributed by atoms with Crippen molar-refractivity contribution in [3.8, 4) is 5.75 Å². The van der Waals surface area contributed by atoms with Crippen molar-refractivity contribution in [1.29, 1.82) is 0 Å². The summed E-state index contributed by atoms with van der Waals surface area (Å²) in [7, 11) is -2.81. The van der Waals surface area contributed by atoms with Crippen LogP contribution in [0.5, 0.6) is 5.75 Å². The van der Waals surface area contributed by atoms with Crippen LogP contribution in [-0.4, -0.2) is 51.4 Å². The molecule has 0 aliphatic carbocycles. The van der Waals surface area contributed by atoms with E-state index in [4.69, 9.17) is 39.5 Å². The predicted octanol–water partition coefficient (Wildman–Crippen LogP) is 6.10. The number of halogens is 3. The number of hydrogen-bond acceptors (Lipinski definition) is 5. The Morgan fingerprint density at radius 3 is 2.12 bits per heavy atom. The van der Waals surface area contributed by atoms with E-state index in [-0.39, 0.29) is 34.5 Å². The van der Waals surface area contributed by atoms with Gasteiger partial charge in [-0.05, 0) is 62.7 Å². The maximum Gasteiger partial charge on any atom is 0.264 e. The predicted molar refractivity (Wildman–Crippen MR) is 163 cm³/mol. The van der Waals surface area contributed by atoms with E-state index in [9.17, 15) is 18.0 Å². The molecule has 0 bridgehead atoms. The monoisotopic (exact) mass is 639 g/mol. The van der Waals surface area contributed by atoms with Gasteiger partial charge in [-0.25, -0.2) is 8.42 Å². The highest BCUT2D eigenvalue weighted by Gasteiger charge is 2.34. The summed E-state index contributed by atoms with van der Waals surface area (Å²) in [5.41, 5.74) is 1.45. The van der Waals surface area contributed by atoms with Gasteiger partial charge in [0.15, 0.2) is 0 Å². The number of rotatable bonds is 12. The van der Waals surface area contributed by atoms with Crippen LogP contribution >= 0.6 is 34.8 Å². The highest BCUT2D eigenvalue weighted by atomic mass is 35.5. The number of nitrogens with one attached hydrogen (secondary N) is 1. The third-order valence-electron chi connectivity index (χ3n) is 6.44. The number of carbonyl (C=O) groups is 2. The Labute approximate surface area is 256 Å². The fraction of sp³-hybridized carbons (Fsp3) is 0.310. The normalized spacial score (nSPS) is 12.0. The van der Waals surface area contributed by atoms with Gasteiger partial charge >= 0.3 is 0 Å². The number of hydrogen-bond donors (Lipinski definition) is 1. The number of anilines is 1. The third-order valence-corrected chi connectivity index (χ3v) is 9.23. The Kier molecular flexibility index (Phi) is 11.3. The minimum atomic E-state index is -4.25. The van der Waals surface area contributed by atoms with Gasteiger partial charge in [0, 0.05) is 28.7 Å². The van der Waals surface area contributed by atoms with E-state index in [0.29, 0.717) is 27.9 Å². The molecule has 8 nitrogen and oxygen atoms in total. The van der Waals surface area contributed by atoms with Crippen molar-refractivity contribution in [3.05, 3.63) is 86.9 Å². The quantitative estimate of drug-likeness (QED) is 0.258. The average Bonchev–Trinajstić information content (AvgIpc) is 2.93. The Morgan fingerprint density at radius 2 is 1.59 bits per heavy atom. The second kappa shape index (κ2) is 14.3. The van der Waals surface area contributed by atoms with Gasteiger partial charge < -0.3 is 15.0 Å². The van der Waals surface area contributed by atoms with Gasteiger partial charge in [-0.1, -0.05) is 65.5 Å². The zero-order valence-electron chi connectivity index (χ0n) is 23.2. The molecule has 0 radical (unpaired) electrons. The van der Waals surface area contributed by atoms with E-state index in [0.717, 1.165) is 9.87 Å². The van der Waals surface area contributed by atoms with Crippen LogP contribution in [-0.2, 0) is 26.2 Å². The molecule has 1 N–H and O–H groups in total. The van der Waals surface area contributed by atoms with Gasteiger partial charge in [-0.3, -0.25) is 13.9 Å². The van der Waals surface area contributed by atoms with Crippen LogP contribution in [0.15, 0.2) is 65.6 Å². The average molecular weight is 641 g/mol. The number of sulfonamides is 1. The lowest BCUT2D eigenvalue weighted by atomic mass is 10.1. The minimum absolute atomic E-state index is 0.0145. The second-order valence-corrected chi connectivity index (χ2v) is 12.3. The number of aryl methyl sites for hydroxylation is 1. The molecule has 3 aromatic rings. The molecule has 3 aromatic carbocycles. The molecule has 3 rings (SSSR count). The van der Waals surface area contributed by atoms with Crippen molar-refractivity contribution in [1.82, 2.24) is 10.2 Å². The lowest BCUT2D eigenvalue weighted by Gasteiger charge is -2.33. The number of amides is 2. The van der Waals surface area contributed by atoms with Crippen molar-refractivity contribution in [2.45, 2.75) is 44.7 Å². The summed E-state index contributed by atoms with van der Waals surface area (Å²) in [6.45, 7) is 4.97. The molecule has 0 spiro atoms. The first-order valence-corrected chi connectivity index (χ1v) is 15.4. The van der Waals surface area contributed by atoms with Crippen molar-refractivity contribution in [2.24, 2.45) is 0 Å². The standard InChI is InChI=1S/C29H32Cl3N3O5S/c1-5-26(29(37)33-6-2)34(17-22-23(30)8-7-9-24(22)31)28(36)18-35(20-12-15-27(40-4)25(32)16-20)41(38,39)21-13-10-19(3)11-14-21/h7-16,26H,5-6,17-18H2,1-4H3,(H,33,37)/t26-/m0/s1. The fourth-order valence-electron chi connectivity index (χ4n) is 4.24. The Balaban J connectivity index is 2.13. The van der Waals surface area contributed by atoms with Crippen LogP contribution in [0.4, 0.5) is 5.69 Å². The zero-order valence-corrected chi connectivity index (χ0v) is 26.2. The number of likely N-dealkylation sites (N-methyl/N-ethyl adjacent to an activating group) is 1. The van der Waals surface area contributed by atoms with Crippen molar-refractivity contribution in [3.63, 3.8) is 0 Å². The highest BCUT2D eigenvalue weighted by molar-refractivity contribution is 7.92. The summed E-state index contributed by atoms with van der Waals surface area (Å²) in [5, 5.41) is 3.54. The molecule has 1 atom stereocenters. The Hall–Kier alpha value is -2.98. The molecule has 0 heterocycles. The van der Waals surface area contributed by atoms with Crippen LogP contribution in [0, 0.1) is 6.92 Å². The van der Waals surface area contributed by atoms with Crippen LogP contribution in [0.25, 0.3) is 0 Å². The van der Waals surface area contributed by atoms with E-state index < -0.39 is 28.5 Å². The van der Waals surface area contributed by atoms with Crippen LogP contribution < -0.4 is 14.4 Å². The van der Waals surface area contributed by atoms with E-state index in [1.54, 1.807) is 44.2 Å². The van der Waals surface area contributed by atoms with Crippen molar-refractivity contribution in [2.75, 3.05) is 24.5 Å². The van der Waals surface area contributed by atoms with Crippen LogP contribution in [0.2, 0.25) is 15.1 Å². The number of carbonyl (C=O) groups excluding carboxylic acids is 2. The molecule has 0 aliphatic heterocycles. The maximum absolute atomic E-state index is 14.1. The topological polar surface area (TPSA) is 96.0 Å². The molecule has 12 heteroatoms. The number of nitrogens with zero attached hydrogens (tertiary/aromatic N) is 2. The summed E-state index contributed by atoms with van der Waals surface area (Å²) < 4.78 is 34.1. The molecule has 2 amide bonds.